The molecule has 0 heterocycles. The molecule has 0 spiro atoms. The van der Waals surface area contributed by atoms with Crippen LogP contribution >= 0.6 is 0 Å². The van der Waals surface area contributed by atoms with Crippen LogP contribution in [0.5, 0.6) is 0 Å². The number of aliphatic hydroxyl groups is 1. The van der Waals surface area contributed by atoms with Gasteiger partial charge in [-0.15, -0.1) is 0 Å². The van der Waals surface area contributed by atoms with Gasteiger partial charge in [0.1, 0.15) is 0 Å². The molecule has 166 valence electrons. The zero-order valence-electron chi connectivity index (χ0n) is 20.3. The smallest absolute Gasteiger partial charge is 0.0568 e. The van der Waals surface area contributed by atoms with Crippen molar-refractivity contribution in [1.82, 2.24) is 0 Å². The number of rotatable bonds is 9. The average molecular weight is 401 g/mol. The van der Waals surface area contributed by atoms with Gasteiger partial charge in [-0.1, -0.05) is 55.2 Å². The zero-order chi connectivity index (χ0) is 21.4. The van der Waals surface area contributed by atoms with Gasteiger partial charge >= 0.3 is 0 Å². The van der Waals surface area contributed by atoms with E-state index in [9.17, 15) is 5.11 Å². The van der Waals surface area contributed by atoms with Gasteiger partial charge in [0.05, 0.1) is 6.10 Å². The highest BCUT2D eigenvalue weighted by molar-refractivity contribution is 5.06. The first kappa shape index (κ1) is 24.4. The van der Waals surface area contributed by atoms with Crippen molar-refractivity contribution in [2.75, 3.05) is 0 Å². The molecule has 29 heavy (non-hydrogen) atoms. The molecule has 0 aliphatic heterocycles. The highest BCUT2D eigenvalue weighted by Gasteiger charge is 2.49. The minimum Gasteiger partial charge on any atom is -0.393 e. The van der Waals surface area contributed by atoms with Crippen LogP contribution in [0.25, 0.3) is 0 Å². The molecule has 0 radical (unpaired) electrons. The summed E-state index contributed by atoms with van der Waals surface area (Å²) in [7, 11) is 0. The largest absolute Gasteiger partial charge is 0.393 e. The summed E-state index contributed by atoms with van der Waals surface area (Å²) in [6.45, 7) is 13.8. The summed E-state index contributed by atoms with van der Waals surface area (Å²) in [6.07, 6.45) is 20.9. The third-order valence-corrected chi connectivity index (χ3v) is 8.20. The standard InChI is InChI=1S/C28H48O/c1-21(2)11-7-12-22(3)13-8-14-23(4)15-9-16-25-17-10-18-26-24(5)27(29)19-20-28(25,26)6/h11,13,15,24-27,29H,7-10,12,14,16-20H2,1-6H3/b22-13+,23-15+. The molecule has 5 unspecified atom stereocenters. The van der Waals surface area contributed by atoms with Crippen LogP contribution in [0.15, 0.2) is 34.9 Å². The molecule has 1 N–H and O–H groups in total. The van der Waals surface area contributed by atoms with Crippen LogP contribution in [0.3, 0.4) is 0 Å². The monoisotopic (exact) mass is 400 g/mol. The Hall–Kier alpha value is -0.820. The summed E-state index contributed by atoms with van der Waals surface area (Å²) in [5.41, 5.74) is 4.98. The summed E-state index contributed by atoms with van der Waals surface area (Å²) in [6, 6.07) is 0. The molecule has 0 aromatic rings. The van der Waals surface area contributed by atoms with Crippen molar-refractivity contribution in [1.29, 1.82) is 0 Å². The maximum atomic E-state index is 10.3. The van der Waals surface area contributed by atoms with Gasteiger partial charge in [0.25, 0.3) is 0 Å². The molecule has 2 saturated carbocycles. The number of hydrogen-bond acceptors (Lipinski definition) is 1. The molecular weight excluding hydrogens is 352 g/mol. The summed E-state index contributed by atoms with van der Waals surface area (Å²) in [5.74, 6) is 2.06. The van der Waals surface area contributed by atoms with Crippen molar-refractivity contribution in [3.8, 4) is 0 Å². The Kier molecular flexibility index (Phi) is 9.73. The van der Waals surface area contributed by atoms with Crippen LogP contribution < -0.4 is 0 Å². The molecule has 5 atom stereocenters. The van der Waals surface area contributed by atoms with Gasteiger partial charge in [-0.2, -0.15) is 0 Å². The quantitative estimate of drug-likeness (QED) is 0.385. The number of hydrogen-bond donors (Lipinski definition) is 1. The van der Waals surface area contributed by atoms with Gasteiger partial charge in [0, 0.05) is 0 Å². The van der Waals surface area contributed by atoms with Crippen LogP contribution in [0.2, 0.25) is 0 Å². The first-order chi connectivity index (χ1) is 13.7. The van der Waals surface area contributed by atoms with Crippen molar-refractivity contribution in [3.63, 3.8) is 0 Å². The Morgan fingerprint density at radius 1 is 0.897 bits per heavy atom. The van der Waals surface area contributed by atoms with Crippen molar-refractivity contribution < 1.29 is 5.11 Å². The second-order valence-corrected chi connectivity index (χ2v) is 10.7. The van der Waals surface area contributed by atoms with Crippen molar-refractivity contribution >= 4 is 0 Å². The van der Waals surface area contributed by atoms with Gasteiger partial charge in [-0.25, -0.2) is 0 Å². The second kappa shape index (κ2) is 11.5. The Bertz CT molecular complexity index is 591. The summed E-state index contributed by atoms with van der Waals surface area (Å²) >= 11 is 0. The molecule has 2 aliphatic rings. The Labute approximate surface area is 181 Å². The van der Waals surface area contributed by atoms with E-state index in [-0.39, 0.29) is 6.10 Å². The molecular formula is C28H48O. The third-order valence-electron chi connectivity index (χ3n) is 8.20. The van der Waals surface area contributed by atoms with E-state index in [0.717, 1.165) is 18.3 Å². The molecule has 0 aromatic heterocycles. The molecule has 2 fully saturated rings. The minimum absolute atomic E-state index is 0.0625. The molecule has 0 amide bonds. The Morgan fingerprint density at radius 3 is 2.17 bits per heavy atom. The van der Waals surface area contributed by atoms with Crippen molar-refractivity contribution in [3.05, 3.63) is 34.9 Å². The maximum absolute atomic E-state index is 10.3. The van der Waals surface area contributed by atoms with E-state index >= 15 is 0 Å². The van der Waals surface area contributed by atoms with E-state index in [1.165, 1.54) is 75.4 Å². The Morgan fingerprint density at radius 2 is 1.52 bits per heavy atom. The molecule has 0 bridgehead atoms. The summed E-state index contributed by atoms with van der Waals surface area (Å²) in [4.78, 5) is 0. The van der Waals surface area contributed by atoms with E-state index < -0.39 is 0 Å². The highest BCUT2D eigenvalue weighted by atomic mass is 16.3. The maximum Gasteiger partial charge on any atom is 0.0568 e. The van der Waals surface area contributed by atoms with Crippen LogP contribution in [0.4, 0.5) is 0 Å². The molecule has 0 saturated heterocycles. The average Bonchev–Trinajstić information content (AvgIpc) is 2.66. The van der Waals surface area contributed by atoms with Crippen LogP contribution in [-0.2, 0) is 0 Å². The fraction of sp³-hybridized carbons (Fsp3) is 0.786. The lowest BCUT2D eigenvalue weighted by atomic mass is 9.51. The lowest BCUT2D eigenvalue weighted by molar-refractivity contribution is -0.0876. The molecule has 1 nitrogen and oxygen atoms in total. The number of aliphatic hydroxyl groups excluding tert-OH is 1. The second-order valence-electron chi connectivity index (χ2n) is 10.7. The normalized spacial score (nSPS) is 33.3. The number of allylic oxidation sites excluding steroid dienone is 6. The van der Waals surface area contributed by atoms with Gasteiger partial charge in [-0.3, -0.25) is 0 Å². The molecule has 2 rings (SSSR count). The fourth-order valence-electron chi connectivity index (χ4n) is 6.13. The summed E-state index contributed by atoms with van der Waals surface area (Å²) in [5, 5.41) is 10.3. The lowest BCUT2D eigenvalue weighted by Crippen LogP contribution is -2.49. The van der Waals surface area contributed by atoms with Crippen LogP contribution in [0.1, 0.15) is 112 Å². The predicted octanol–water partition coefficient (Wildman–Crippen LogP) is 8.40. The fourth-order valence-corrected chi connectivity index (χ4v) is 6.13. The molecule has 0 aromatic carbocycles. The van der Waals surface area contributed by atoms with E-state index in [4.69, 9.17) is 0 Å². The van der Waals surface area contributed by atoms with Gasteiger partial charge in [0.15, 0.2) is 0 Å². The van der Waals surface area contributed by atoms with Gasteiger partial charge in [-0.05, 0) is 115 Å². The third kappa shape index (κ3) is 7.12. The SMILES string of the molecule is CC(C)=CCC/C(C)=C/CC/C(C)=C/CCC1CCCC2C(C)C(O)CCC12C. The summed E-state index contributed by atoms with van der Waals surface area (Å²) < 4.78 is 0. The van der Waals surface area contributed by atoms with Crippen molar-refractivity contribution in [2.45, 2.75) is 118 Å². The minimum atomic E-state index is -0.0625. The van der Waals surface area contributed by atoms with Crippen LogP contribution in [0, 0.1) is 23.2 Å². The van der Waals surface area contributed by atoms with Gasteiger partial charge < -0.3 is 5.11 Å². The predicted molar refractivity (Wildman–Crippen MR) is 128 cm³/mol. The van der Waals surface area contributed by atoms with E-state index in [2.05, 4.69) is 59.8 Å². The topological polar surface area (TPSA) is 20.2 Å². The van der Waals surface area contributed by atoms with Gasteiger partial charge in [0.2, 0.25) is 0 Å². The van der Waals surface area contributed by atoms with E-state index in [1.807, 2.05) is 0 Å². The molecule has 2 aliphatic carbocycles. The van der Waals surface area contributed by atoms with E-state index in [1.54, 1.807) is 5.57 Å². The highest BCUT2D eigenvalue weighted by Crippen LogP contribution is 2.56. The van der Waals surface area contributed by atoms with Crippen molar-refractivity contribution in [2.24, 2.45) is 23.2 Å². The zero-order valence-corrected chi connectivity index (χ0v) is 20.3. The number of fused-ring (bicyclic) bond motifs is 1. The first-order valence-corrected chi connectivity index (χ1v) is 12.4. The van der Waals surface area contributed by atoms with Crippen LogP contribution in [-0.4, -0.2) is 11.2 Å². The Balaban J connectivity index is 1.77. The first-order valence-electron chi connectivity index (χ1n) is 12.4. The molecule has 1 heteroatoms. The van der Waals surface area contributed by atoms with E-state index in [0.29, 0.717) is 11.3 Å². The lowest BCUT2D eigenvalue weighted by Gasteiger charge is -2.54.